The molecule has 29 heavy (non-hydrogen) atoms. The molecule has 0 amide bonds. The van der Waals surface area contributed by atoms with E-state index in [2.05, 4.69) is 0 Å². The molecule has 0 aliphatic rings. The summed E-state index contributed by atoms with van der Waals surface area (Å²) in [6, 6.07) is 3.05. The Kier molecular flexibility index (Phi) is 8.24. The molecule has 4 nitrogen and oxygen atoms in total. The summed E-state index contributed by atoms with van der Waals surface area (Å²) in [5.41, 5.74) is 1.81. The molecule has 0 heterocycles. The molecule has 156 valence electrons. The Morgan fingerprint density at radius 2 is 1.10 bits per heavy atom. The van der Waals surface area contributed by atoms with Gasteiger partial charge in [-0.1, -0.05) is 46.4 Å². The van der Waals surface area contributed by atoms with Crippen molar-refractivity contribution in [3.8, 4) is 11.5 Å². The number of phenolic OH excluding ortho intramolecular Hbond substituents is 2. The molecule has 2 N–H and O–H groups in total. The van der Waals surface area contributed by atoms with Crippen molar-refractivity contribution in [3.05, 3.63) is 54.5 Å². The van der Waals surface area contributed by atoms with Crippen LogP contribution in [0.25, 0.3) is 0 Å². The largest absolute Gasteiger partial charge is 0.506 e. The van der Waals surface area contributed by atoms with Crippen LogP contribution in [0.4, 0.5) is 0 Å². The standard InChI is InChI=1S/C21H20Cl4O4/c1-10-16(22)8-12(20(28)18(10)24)6-14(26)4-3-5-15(27)7-13-9-17(23)11(2)19(25)21(13)29/h8-9,28-29H,3-7H2,1-2H3. The summed E-state index contributed by atoms with van der Waals surface area (Å²) >= 11 is 24.1. The lowest BCUT2D eigenvalue weighted by Gasteiger charge is -2.10. The Morgan fingerprint density at radius 3 is 1.45 bits per heavy atom. The van der Waals surface area contributed by atoms with Crippen molar-refractivity contribution >= 4 is 58.0 Å². The monoisotopic (exact) mass is 476 g/mol. The van der Waals surface area contributed by atoms with Gasteiger partial charge in [-0.05, 0) is 43.5 Å². The van der Waals surface area contributed by atoms with Gasteiger partial charge in [-0.25, -0.2) is 0 Å². The van der Waals surface area contributed by atoms with Crippen LogP contribution in [-0.2, 0) is 22.4 Å². The maximum atomic E-state index is 12.2. The van der Waals surface area contributed by atoms with Gasteiger partial charge in [0, 0.05) is 46.9 Å². The molecule has 0 saturated carbocycles. The van der Waals surface area contributed by atoms with Crippen LogP contribution in [0.3, 0.4) is 0 Å². The van der Waals surface area contributed by atoms with Gasteiger partial charge in [0.25, 0.3) is 0 Å². The number of rotatable bonds is 8. The second-order valence-electron chi connectivity index (χ2n) is 6.89. The summed E-state index contributed by atoms with van der Waals surface area (Å²) in [4.78, 5) is 24.4. The van der Waals surface area contributed by atoms with Crippen molar-refractivity contribution in [1.82, 2.24) is 0 Å². The van der Waals surface area contributed by atoms with Gasteiger partial charge in [-0.2, -0.15) is 0 Å². The number of Topliss-reactive ketones (excluding diaryl/α,β-unsaturated/α-hetero) is 2. The van der Waals surface area contributed by atoms with Crippen molar-refractivity contribution in [2.24, 2.45) is 0 Å². The summed E-state index contributed by atoms with van der Waals surface area (Å²) in [5.74, 6) is -0.593. The minimum Gasteiger partial charge on any atom is -0.506 e. The molecular weight excluding hydrogens is 458 g/mol. The van der Waals surface area contributed by atoms with Crippen molar-refractivity contribution in [3.63, 3.8) is 0 Å². The lowest BCUT2D eigenvalue weighted by molar-refractivity contribution is -0.119. The Labute approximate surface area is 189 Å². The smallest absolute Gasteiger partial charge is 0.138 e. The first kappa shape index (κ1) is 23.8. The van der Waals surface area contributed by atoms with E-state index in [1.54, 1.807) is 13.8 Å². The van der Waals surface area contributed by atoms with Crippen LogP contribution >= 0.6 is 46.4 Å². The third-order valence-electron chi connectivity index (χ3n) is 4.69. The van der Waals surface area contributed by atoms with Gasteiger partial charge in [-0.3, -0.25) is 9.59 Å². The van der Waals surface area contributed by atoms with Crippen LogP contribution in [0.15, 0.2) is 12.1 Å². The highest BCUT2D eigenvalue weighted by atomic mass is 35.5. The van der Waals surface area contributed by atoms with E-state index in [0.29, 0.717) is 38.7 Å². The van der Waals surface area contributed by atoms with Gasteiger partial charge in [0.15, 0.2) is 0 Å². The average Bonchev–Trinajstić information content (AvgIpc) is 2.66. The molecule has 2 aromatic rings. The number of benzene rings is 2. The summed E-state index contributed by atoms with van der Waals surface area (Å²) in [7, 11) is 0. The Bertz CT molecular complexity index is 893. The molecule has 2 aromatic carbocycles. The molecule has 0 saturated heterocycles. The van der Waals surface area contributed by atoms with Gasteiger partial charge in [-0.15, -0.1) is 0 Å². The minimum absolute atomic E-state index is 0.0241. The lowest BCUT2D eigenvalue weighted by Crippen LogP contribution is -2.07. The fourth-order valence-corrected chi connectivity index (χ4v) is 3.86. The number of carbonyl (C=O) groups is 2. The van der Waals surface area contributed by atoms with Crippen LogP contribution in [0.1, 0.15) is 41.5 Å². The number of ketones is 2. The molecule has 0 aromatic heterocycles. The highest BCUT2D eigenvalue weighted by molar-refractivity contribution is 6.37. The van der Waals surface area contributed by atoms with E-state index in [1.807, 2.05) is 0 Å². The first-order valence-electron chi connectivity index (χ1n) is 8.89. The van der Waals surface area contributed by atoms with Gasteiger partial charge in [0.05, 0.1) is 10.0 Å². The topological polar surface area (TPSA) is 74.6 Å². The zero-order valence-corrected chi connectivity index (χ0v) is 18.9. The molecule has 0 fully saturated rings. The third-order valence-corrected chi connectivity index (χ3v) is 6.40. The van der Waals surface area contributed by atoms with E-state index >= 15 is 0 Å². The molecule has 0 atom stereocenters. The van der Waals surface area contributed by atoms with E-state index in [0.717, 1.165) is 0 Å². The van der Waals surface area contributed by atoms with Gasteiger partial charge >= 0.3 is 0 Å². The van der Waals surface area contributed by atoms with Gasteiger partial charge < -0.3 is 10.2 Å². The number of carbonyl (C=O) groups excluding carboxylic acids is 2. The SMILES string of the molecule is Cc1c(Cl)cc(CC(=O)CCCC(=O)Cc2cc(Cl)c(C)c(Cl)c2O)c(O)c1Cl. The molecule has 0 aliphatic carbocycles. The summed E-state index contributed by atoms with van der Waals surface area (Å²) in [6.07, 6.45) is 0.624. The van der Waals surface area contributed by atoms with Crippen LogP contribution in [0, 0.1) is 13.8 Å². The van der Waals surface area contributed by atoms with E-state index in [1.165, 1.54) is 12.1 Å². The second-order valence-corrected chi connectivity index (χ2v) is 8.46. The van der Waals surface area contributed by atoms with Crippen molar-refractivity contribution in [2.75, 3.05) is 0 Å². The van der Waals surface area contributed by atoms with Crippen LogP contribution in [0.2, 0.25) is 20.1 Å². The minimum atomic E-state index is -0.151. The van der Waals surface area contributed by atoms with Crippen LogP contribution < -0.4 is 0 Å². The van der Waals surface area contributed by atoms with E-state index in [9.17, 15) is 19.8 Å². The molecule has 0 spiro atoms. The summed E-state index contributed by atoms with van der Waals surface area (Å²) < 4.78 is 0. The number of halogens is 4. The Balaban J connectivity index is 1.91. The van der Waals surface area contributed by atoms with Gasteiger partial charge in [0.2, 0.25) is 0 Å². The summed E-state index contributed by atoms with van der Waals surface area (Å²) in [6.45, 7) is 3.35. The number of aromatic hydroxyl groups is 2. The predicted molar refractivity (Wildman–Crippen MR) is 117 cm³/mol. The second kappa shape index (κ2) is 10.0. The zero-order chi connectivity index (χ0) is 21.9. The first-order valence-corrected chi connectivity index (χ1v) is 10.4. The van der Waals surface area contributed by atoms with Crippen molar-refractivity contribution in [1.29, 1.82) is 0 Å². The van der Waals surface area contributed by atoms with E-state index in [4.69, 9.17) is 46.4 Å². The van der Waals surface area contributed by atoms with Gasteiger partial charge in [0.1, 0.15) is 23.1 Å². The molecule has 8 heteroatoms. The molecular formula is C21H20Cl4O4. The van der Waals surface area contributed by atoms with Crippen LogP contribution in [0.5, 0.6) is 11.5 Å². The quantitative estimate of drug-likeness (QED) is 0.459. The third kappa shape index (κ3) is 5.79. The fourth-order valence-electron chi connectivity index (χ4n) is 2.86. The number of phenols is 2. The molecule has 0 radical (unpaired) electrons. The van der Waals surface area contributed by atoms with Crippen molar-refractivity contribution < 1.29 is 19.8 Å². The number of hydrogen-bond donors (Lipinski definition) is 2. The first-order chi connectivity index (χ1) is 13.5. The molecule has 0 bridgehead atoms. The normalized spacial score (nSPS) is 11.0. The molecule has 2 rings (SSSR count). The molecule has 0 aliphatic heterocycles. The Morgan fingerprint density at radius 1 is 0.759 bits per heavy atom. The highest BCUT2D eigenvalue weighted by Crippen LogP contribution is 2.37. The van der Waals surface area contributed by atoms with E-state index in [-0.39, 0.29) is 58.8 Å². The number of hydrogen-bond acceptors (Lipinski definition) is 4. The predicted octanol–water partition coefficient (Wildman–Crippen LogP) is 6.42. The highest BCUT2D eigenvalue weighted by Gasteiger charge is 2.17. The summed E-state index contributed by atoms with van der Waals surface area (Å²) in [5, 5.41) is 21.2. The van der Waals surface area contributed by atoms with Crippen LogP contribution in [-0.4, -0.2) is 21.8 Å². The zero-order valence-electron chi connectivity index (χ0n) is 15.9. The van der Waals surface area contributed by atoms with Crippen molar-refractivity contribution in [2.45, 2.75) is 46.0 Å². The maximum absolute atomic E-state index is 12.2. The molecule has 0 unspecified atom stereocenters. The lowest BCUT2D eigenvalue weighted by atomic mass is 9.99. The Hall–Kier alpha value is -1.46. The maximum Gasteiger partial charge on any atom is 0.138 e. The van der Waals surface area contributed by atoms with E-state index < -0.39 is 0 Å². The average molecular weight is 478 g/mol. The fraction of sp³-hybridized carbons (Fsp3) is 0.333.